The van der Waals surface area contributed by atoms with Crippen LogP contribution >= 0.6 is 0 Å². The van der Waals surface area contributed by atoms with E-state index in [4.69, 9.17) is 10.0 Å². The van der Waals surface area contributed by atoms with Gasteiger partial charge in [-0.05, 0) is 24.6 Å². The Balaban J connectivity index is 2.43. The van der Waals surface area contributed by atoms with E-state index in [1.165, 1.54) is 0 Å². The van der Waals surface area contributed by atoms with Gasteiger partial charge in [-0.2, -0.15) is 5.10 Å². The second-order valence-electron chi connectivity index (χ2n) is 3.35. The molecule has 2 aromatic rings. The van der Waals surface area contributed by atoms with E-state index >= 15 is 0 Å². The number of rotatable bonds is 2. The summed E-state index contributed by atoms with van der Waals surface area (Å²) < 4.78 is 1.63. The average Bonchev–Trinajstić information content (AvgIpc) is 2.62. The molecular weight excluding hydrogens is 191 g/mol. The van der Waals surface area contributed by atoms with Crippen LogP contribution in [0.4, 0.5) is 0 Å². The number of benzene rings is 1. The van der Waals surface area contributed by atoms with Gasteiger partial charge in [0.15, 0.2) is 0 Å². The van der Waals surface area contributed by atoms with Crippen molar-refractivity contribution >= 4 is 12.7 Å². The van der Waals surface area contributed by atoms with Crippen molar-refractivity contribution in [2.75, 3.05) is 0 Å². The third-order valence-corrected chi connectivity index (χ3v) is 2.20. The molecule has 76 valence electrons. The topological polar surface area (TPSA) is 58.3 Å². The molecule has 0 aliphatic heterocycles. The van der Waals surface area contributed by atoms with Gasteiger partial charge in [-0.25, -0.2) is 4.68 Å². The van der Waals surface area contributed by atoms with E-state index in [2.05, 4.69) is 5.10 Å². The number of hydrogen-bond donors (Lipinski definition) is 2. The summed E-state index contributed by atoms with van der Waals surface area (Å²) in [5.41, 5.74) is 1.94. The zero-order valence-electron chi connectivity index (χ0n) is 8.33. The van der Waals surface area contributed by atoms with Crippen molar-refractivity contribution in [2.24, 2.45) is 0 Å². The zero-order chi connectivity index (χ0) is 10.8. The first kappa shape index (κ1) is 9.95. The molecule has 0 saturated heterocycles. The smallest absolute Gasteiger partial charge is 0.422 e. The Morgan fingerprint density at radius 3 is 2.40 bits per heavy atom. The van der Waals surface area contributed by atoms with Crippen LogP contribution in [0.1, 0.15) is 5.56 Å². The SMILES string of the molecule is Cc1cn(-c2ccccc2)nc1B(O)O. The number of hydrogen-bond acceptors (Lipinski definition) is 3. The lowest BCUT2D eigenvalue weighted by atomic mass is 9.84. The molecular formula is C10H11BN2O2. The third-order valence-electron chi connectivity index (χ3n) is 2.20. The molecule has 0 saturated carbocycles. The second-order valence-corrected chi connectivity index (χ2v) is 3.35. The highest BCUT2D eigenvalue weighted by Crippen LogP contribution is 2.05. The standard InChI is InChI=1S/C10H11BN2O2/c1-8-7-13(12-10(8)11(14)15)9-5-3-2-4-6-9/h2-7,14-15H,1H3. The molecule has 0 unspecified atom stereocenters. The van der Waals surface area contributed by atoms with E-state index in [-0.39, 0.29) is 0 Å². The van der Waals surface area contributed by atoms with E-state index in [9.17, 15) is 0 Å². The van der Waals surface area contributed by atoms with Gasteiger partial charge in [-0.15, -0.1) is 0 Å². The first-order valence-electron chi connectivity index (χ1n) is 4.66. The van der Waals surface area contributed by atoms with Crippen molar-refractivity contribution in [1.82, 2.24) is 9.78 Å². The van der Waals surface area contributed by atoms with Crippen molar-refractivity contribution in [3.05, 3.63) is 42.1 Å². The summed E-state index contributed by atoms with van der Waals surface area (Å²) in [6, 6.07) is 9.53. The van der Waals surface area contributed by atoms with Gasteiger partial charge < -0.3 is 10.0 Å². The molecule has 0 fully saturated rings. The lowest BCUT2D eigenvalue weighted by Gasteiger charge is -1.99. The van der Waals surface area contributed by atoms with E-state index in [0.717, 1.165) is 11.3 Å². The second kappa shape index (κ2) is 3.88. The monoisotopic (exact) mass is 202 g/mol. The van der Waals surface area contributed by atoms with Gasteiger partial charge in [0, 0.05) is 6.20 Å². The van der Waals surface area contributed by atoms with Crippen molar-refractivity contribution in [3.8, 4) is 5.69 Å². The minimum atomic E-state index is -1.52. The molecule has 1 aromatic heterocycles. The largest absolute Gasteiger partial charge is 0.510 e. The molecule has 0 spiro atoms. The Labute approximate surface area is 87.9 Å². The summed E-state index contributed by atoms with van der Waals surface area (Å²) in [6.07, 6.45) is 1.77. The fourth-order valence-electron chi connectivity index (χ4n) is 1.44. The Bertz CT molecular complexity index is 454. The molecule has 2 N–H and O–H groups in total. The summed E-state index contributed by atoms with van der Waals surface area (Å²) in [6.45, 7) is 1.79. The average molecular weight is 202 g/mol. The van der Waals surface area contributed by atoms with Crippen molar-refractivity contribution < 1.29 is 10.0 Å². The number of aryl methyl sites for hydroxylation is 1. The highest BCUT2D eigenvalue weighted by molar-refractivity contribution is 6.58. The molecule has 5 heteroatoms. The zero-order valence-corrected chi connectivity index (χ0v) is 8.33. The predicted octanol–water partition coefficient (Wildman–Crippen LogP) is -0.139. The Morgan fingerprint density at radius 1 is 1.20 bits per heavy atom. The fraction of sp³-hybridized carbons (Fsp3) is 0.100. The molecule has 0 aliphatic rings. The summed E-state index contributed by atoms with van der Waals surface area (Å²) >= 11 is 0. The molecule has 0 radical (unpaired) electrons. The molecule has 0 bridgehead atoms. The van der Waals surface area contributed by atoms with Gasteiger partial charge in [0.1, 0.15) is 0 Å². The van der Waals surface area contributed by atoms with Gasteiger partial charge in [-0.3, -0.25) is 0 Å². The lowest BCUT2D eigenvalue weighted by molar-refractivity contribution is 0.423. The van der Waals surface area contributed by atoms with Crippen LogP contribution in [0.2, 0.25) is 0 Å². The third kappa shape index (κ3) is 1.93. The van der Waals surface area contributed by atoms with E-state index in [1.807, 2.05) is 30.3 Å². The molecule has 4 nitrogen and oxygen atoms in total. The van der Waals surface area contributed by atoms with Crippen LogP contribution in [0.3, 0.4) is 0 Å². The van der Waals surface area contributed by atoms with Gasteiger partial charge in [0.25, 0.3) is 0 Å². The first-order valence-corrected chi connectivity index (χ1v) is 4.66. The number of aromatic nitrogens is 2. The summed E-state index contributed by atoms with van der Waals surface area (Å²) in [7, 11) is -1.52. The molecule has 0 atom stereocenters. The fourth-order valence-corrected chi connectivity index (χ4v) is 1.44. The summed E-state index contributed by atoms with van der Waals surface area (Å²) in [4.78, 5) is 0. The normalized spacial score (nSPS) is 10.3. The van der Waals surface area contributed by atoms with Gasteiger partial charge in [0.05, 0.1) is 11.3 Å². The summed E-state index contributed by atoms with van der Waals surface area (Å²) in [5, 5.41) is 22.2. The quantitative estimate of drug-likeness (QED) is 0.666. The summed E-state index contributed by atoms with van der Waals surface area (Å²) in [5.74, 6) is 0. The van der Waals surface area contributed by atoms with E-state index in [0.29, 0.717) is 5.59 Å². The van der Waals surface area contributed by atoms with Crippen LogP contribution < -0.4 is 5.59 Å². The predicted molar refractivity (Wildman–Crippen MR) is 58.1 cm³/mol. The van der Waals surface area contributed by atoms with Crippen LogP contribution in [0.25, 0.3) is 5.69 Å². The van der Waals surface area contributed by atoms with Gasteiger partial charge in [0.2, 0.25) is 0 Å². The van der Waals surface area contributed by atoms with Crippen LogP contribution in [-0.2, 0) is 0 Å². The maximum Gasteiger partial charge on any atom is 0.510 e. The van der Waals surface area contributed by atoms with E-state index in [1.54, 1.807) is 17.8 Å². The van der Waals surface area contributed by atoms with Crippen molar-refractivity contribution in [2.45, 2.75) is 6.92 Å². The molecule has 1 aromatic carbocycles. The minimum absolute atomic E-state index is 0.291. The van der Waals surface area contributed by atoms with E-state index < -0.39 is 7.12 Å². The highest BCUT2D eigenvalue weighted by Gasteiger charge is 2.18. The molecule has 15 heavy (non-hydrogen) atoms. The molecule has 1 heterocycles. The molecule has 0 amide bonds. The number of nitrogens with zero attached hydrogens (tertiary/aromatic N) is 2. The number of para-hydroxylation sites is 1. The maximum absolute atomic E-state index is 9.04. The van der Waals surface area contributed by atoms with Crippen LogP contribution in [0.15, 0.2) is 36.5 Å². The molecule has 0 aliphatic carbocycles. The van der Waals surface area contributed by atoms with Crippen molar-refractivity contribution in [1.29, 1.82) is 0 Å². The minimum Gasteiger partial charge on any atom is -0.422 e. The Kier molecular flexibility index (Phi) is 2.57. The van der Waals surface area contributed by atoms with Crippen LogP contribution in [-0.4, -0.2) is 26.9 Å². The maximum atomic E-state index is 9.04. The van der Waals surface area contributed by atoms with Crippen LogP contribution in [0.5, 0.6) is 0 Å². The Morgan fingerprint density at radius 2 is 1.87 bits per heavy atom. The van der Waals surface area contributed by atoms with Crippen molar-refractivity contribution in [3.63, 3.8) is 0 Å². The highest BCUT2D eigenvalue weighted by atomic mass is 16.4. The Hall–Kier alpha value is -1.59. The van der Waals surface area contributed by atoms with Gasteiger partial charge in [-0.1, -0.05) is 18.2 Å². The van der Waals surface area contributed by atoms with Gasteiger partial charge >= 0.3 is 7.12 Å². The first-order chi connectivity index (χ1) is 7.18. The lowest BCUT2D eigenvalue weighted by Crippen LogP contribution is -2.33. The molecule has 2 rings (SSSR count). The van der Waals surface area contributed by atoms with Crippen LogP contribution in [0, 0.1) is 6.92 Å².